The van der Waals surface area contributed by atoms with Crippen molar-refractivity contribution < 1.29 is 19.4 Å². The zero-order chi connectivity index (χ0) is 18.2. The van der Waals surface area contributed by atoms with Crippen LogP contribution in [-0.2, 0) is 14.3 Å². The van der Waals surface area contributed by atoms with Crippen molar-refractivity contribution in [3.05, 3.63) is 0 Å². The molecule has 0 saturated carbocycles. The number of aliphatic carboxylic acids is 1. The van der Waals surface area contributed by atoms with Crippen molar-refractivity contribution in [2.75, 3.05) is 0 Å². The molecule has 0 aliphatic rings. The molecule has 4 nitrogen and oxygen atoms in total. The number of carbonyl (C=O) groups is 2. The first-order valence-electron chi connectivity index (χ1n) is 8.99. The Balaban J connectivity index is 5.27. The summed E-state index contributed by atoms with van der Waals surface area (Å²) in [6.07, 6.45) is 2.93. The summed E-state index contributed by atoms with van der Waals surface area (Å²) < 4.78 is 5.66. The molecule has 0 saturated heterocycles. The molecule has 0 fully saturated rings. The third-order valence-electron chi connectivity index (χ3n) is 4.11. The number of esters is 1. The molecule has 0 amide bonds. The molecule has 0 aliphatic heterocycles. The lowest BCUT2D eigenvalue weighted by Crippen LogP contribution is -2.44. The van der Waals surface area contributed by atoms with E-state index >= 15 is 0 Å². The minimum Gasteiger partial charge on any atom is -0.480 e. The van der Waals surface area contributed by atoms with Crippen LogP contribution in [-0.4, -0.2) is 23.1 Å². The maximum absolute atomic E-state index is 12.8. The van der Waals surface area contributed by atoms with Gasteiger partial charge in [0.1, 0.15) is 6.10 Å². The lowest BCUT2D eigenvalue weighted by atomic mass is 9.74. The molecule has 1 N–H and O–H groups in total. The largest absolute Gasteiger partial charge is 0.480 e. The van der Waals surface area contributed by atoms with Gasteiger partial charge in [0, 0.05) is 0 Å². The highest BCUT2D eigenvalue weighted by Gasteiger charge is 2.48. The van der Waals surface area contributed by atoms with Crippen molar-refractivity contribution in [3.8, 4) is 0 Å². The molecule has 0 aromatic heterocycles. The van der Waals surface area contributed by atoms with Gasteiger partial charge < -0.3 is 9.84 Å². The molecule has 4 heteroatoms. The van der Waals surface area contributed by atoms with Gasteiger partial charge in [0.15, 0.2) is 5.41 Å². The Labute approximate surface area is 142 Å². The van der Waals surface area contributed by atoms with E-state index in [2.05, 4.69) is 13.8 Å². The van der Waals surface area contributed by atoms with Gasteiger partial charge in [0.2, 0.25) is 0 Å². The third kappa shape index (κ3) is 7.36. The van der Waals surface area contributed by atoms with Gasteiger partial charge in [-0.15, -0.1) is 0 Å². The van der Waals surface area contributed by atoms with Gasteiger partial charge in [-0.05, 0) is 49.9 Å². The van der Waals surface area contributed by atoms with Gasteiger partial charge >= 0.3 is 11.9 Å². The lowest BCUT2D eigenvalue weighted by Gasteiger charge is -2.32. The quantitative estimate of drug-likeness (QED) is 0.432. The molecule has 23 heavy (non-hydrogen) atoms. The monoisotopic (exact) mass is 328 g/mol. The fourth-order valence-corrected chi connectivity index (χ4v) is 3.04. The van der Waals surface area contributed by atoms with Crippen molar-refractivity contribution in [3.63, 3.8) is 0 Å². The second-order valence-electron chi connectivity index (χ2n) is 7.99. The number of hydrogen-bond acceptors (Lipinski definition) is 3. The van der Waals surface area contributed by atoms with Gasteiger partial charge in [0.25, 0.3) is 0 Å². The van der Waals surface area contributed by atoms with Crippen LogP contribution >= 0.6 is 0 Å². The average molecular weight is 328 g/mol. The number of hydrogen-bond donors (Lipinski definition) is 1. The highest BCUT2D eigenvalue weighted by atomic mass is 16.5. The van der Waals surface area contributed by atoms with E-state index in [4.69, 9.17) is 4.74 Å². The lowest BCUT2D eigenvalue weighted by molar-refractivity contribution is -0.176. The minimum atomic E-state index is -1.42. The van der Waals surface area contributed by atoms with E-state index in [9.17, 15) is 14.7 Å². The normalized spacial score (nSPS) is 13.7. The zero-order valence-electron chi connectivity index (χ0n) is 16.0. The molecule has 0 radical (unpaired) electrons. The van der Waals surface area contributed by atoms with E-state index < -0.39 is 17.4 Å². The van der Waals surface area contributed by atoms with E-state index in [1.165, 1.54) is 0 Å². The summed E-state index contributed by atoms with van der Waals surface area (Å²) in [5.41, 5.74) is -1.42. The number of carboxylic acid groups (broad SMARTS) is 1. The smallest absolute Gasteiger partial charge is 0.323 e. The maximum atomic E-state index is 12.8. The Morgan fingerprint density at radius 1 is 0.913 bits per heavy atom. The highest BCUT2D eigenvalue weighted by Crippen LogP contribution is 2.36. The molecular weight excluding hydrogens is 292 g/mol. The number of carboxylic acids is 1. The summed E-state index contributed by atoms with van der Waals surface area (Å²) in [4.78, 5) is 24.8. The van der Waals surface area contributed by atoms with Crippen LogP contribution in [0.25, 0.3) is 0 Å². The van der Waals surface area contributed by atoms with E-state index in [1.807, 2.05) is 34.6 Å². The first-order chi connectivity index (χ1) is 10.5. The molecule has 0 aromatic carbocycles. The molecular formula is C19H36O4. The predicted molar refractivity (Wildman–Crippen MR) is 93.2 cm³/mol. The molecule has 0 rings (SSSR count). The fraction of sp³-hybridized carbons (Fsp3) is 0.895. The topological polar surface area (TPSA) is 63.6 Å². The molecule has 1 unspecified atom stereocenters. The predicted octanol–water partition coefficient (Wildman–Crippen LogP) is 4.91. The molecule has 0 aromatic rings. The Morgan fingerprint density at radius 3 is 1.70 bits per heavy atom. The summed E-state index contributed by atoms with van der Waals surface area (Å²) in [6, 6.07) is 0. The summed E-state index contributed by atoms with van der Waals surface area (Å²) in [5, 5.41) is 9.79. The Hall–Kier alpha value is -1.06. The molecule has 0 spiro atoms. The van der Waals surface area contributed by atoms with Crippen LogP contribution in [0.3, 0.4) is 0 Å². The van der Waals surface area contributed by atoms with E-state index in [-0.39, 0.29) is 17.9 Å². The van der Waals surface area contributed by atoms with Crippen molar-refractivity contribution in [2.24, 2.45) is 23.2 Å². The van der Waals surface area contributed by atoms with Crippen molar-refractivity contribution in [1.29, 1.82) is 0 Å². The minimum absolute atomic E-state index is 0.119. The summed E-state index contributed by atoms with van der Waals surface area (Å²) in [6.45, 7) is 14.0. The first-order valence-corrected chi connectivity index (χ1v) is 8.99. The van der Waals surface area contributed by atoms with Gasteiger partial charge in [-0.3, -0.25) is 9.59 Å². The SMILES string of the molecule is CCC(CCC(C)C)OC(=O)C(CC(C)C)(CC(C)C)C(=O)O. The van der Waals surface area contributed by atoms with Crippen LogP contribution in [0.4, 0.5) is 0 Å². The van der Waals surface area contributed by atoms with Gasteiger partial charge in [-0.2, -0.15) is 0 Å². The molecule has 136 valence electrons. The van der Waals surface area contributed by atoms with Crippen LogP contribution in [0, 0.1) is 23.2 Å². The van der Waals surface area contributed by atoms with E-state index in [0.29, 0.717) is 18.8 Å². The van der Waals surface area contributed by atoms with Crippen LogP contribution in [0.2, 0.25) is 0 Å². The molecule has 0 bridgehead atoms. The van der Waals surface area contributed by atoms with Crippen LogP contribution in [0.1, 0.15) is 80.6 Å². The summed E-state index contributed by atoms with van der Waals surface area (Å²) >= 11 is 0. The molecule has 0 aliphatic carbocycles. The van der Waals surface area contributed by atoms with Gasteiger partial charge in [-0.1, -0.05) is 48.5 Å². The number of carbonyl (C=O) groups excluding carboxylic acids is 1. The summed E-state index contributed by atoms with van der Waals surface area (Å²) in [7, 11) is 0. The average Bonchev–Trinajstić information content (AvgIpc) is 2.40. The molecule has 0 heterocycles. The van der Waals surface area contributed by atoms with Crippen LogP contribution in [0.5, 0.6) is 0 Å². The standard InChI is InChI=1S/C19H36O4/c1-8-16(10-9-13(2)3)23-18(22)19(17(20)21,11-14(4)5)12-15(6)7/h13-16H,8-12H2,1-7H3,(H,20,21). The number of rotatable bonds is 11. The second kappa shape index (κ2) is 9.94. The fourth-order valence-electron chi connectivity index (χ4n) is 3.04. The van der Waals surface area contributed by atoms with E-state index in [0.717, 1.165) is 19.3 Å². The van der Waals surface area contributed by atoms with Crippen LogP contribution < -0.4 is 0 Å². The second-order valence-corrected chi connectivity index (χ2v) is 7.99. The van der Waals surface area contributed by atoms with Crippen LogP contribution in [0.15, 0.2) is 0 Å². The molecule has 1 atom stereocenters. The van der Waals surface area contributed by atoms with E-state index in [1.54, 1.807) is 0 Å². The van der Waals surface area contributed by atoms with Crippen molar-refractivity contribution in [1.82, 2.24) is 0 Å². The third-order valence-corrected chi connectivity index (χ3v) is 4.11. The Bertz CT molecular complexity index is 362. The zero-order valence-corrected chi connectivity index (χ0v) is 16.0. The maximum Gasteiger partial charge on any atom is 0.323 e. The highest BCUT2D eigenvalue weighted by molar-refractivity contribution is 5.99. The van der Waals surface area contributed by atoms with Gasteiger partial charge in [0.05, 0.1) is 0 Å². The van der Waals surface area contributed by atoms with Crippen molar-refractivity contribution >= 4 is 11.9 Å². The van der Waals surface area contributed by atoms with Gasteiger partial charge in [-0.25, -0.2) is 0 Å². The summed E-state index contributed by atoms with van der Waals surface area (Å²) in [5.74, 6) is -0.828. The number of ether oxygens (including phenoxy) is 1. The van der Waals surface area contributed by atoms with Crippen molar-refractivity contribution in [2.45, 2.75) is 86.7 Å². The Morgan fingerprint density at radius 2 is 1.39 bits per heavy atom. The Kier molecular flexibility index (Phi) is 9.48. The first kappa shape index (κ1) is 21.9.